The fourth-order valence-electron chi connectivity index (χ4n) is 4.68. The third kappa shape index (κ3) is 4.41. The van der Waals surface area contributed by atoms with Gasteiger partial charge in [-0.1, -0.05) is 44.2 Å². The number of methoxy groups -OCH3 is 1. The molecular weight excluding hydrogens is 424 g/mol. The van der Waals surface area contributed by atoms with Crippen LogP contribution in [-0.4, -0.2) is 50.3 Å². The van der Waals surface area contributed by atoms with Crippen molar-refractivity contribution in [2.24, 2.45) is 5.92 Å². The summed E-state index contributed by atoms with van der Waals surface area (Å²) in [6.07, 6.45) is 1.96. The summed E-state index contributed by atoms with van der Waals surface area (Å²) in [5.41, 5.74) is 3.49. The van der Waals surface area contributed by atoms with Gasteiger partial charge in [0.1, 0.15) is 10.6 Å². The maximum atomic E-state index is 13.4. The van der Waals surface area contributed by atoms with Crippen LogP contribution in [0.15, 0.2) is 47.4 Å². The average Bonchev–Trinajstić information content (AvgIpc) is 2.82. The minimum atomic E-state index is -3.69. The molecule has 0 atom stereocenters. The van der Waals surface area contributed by atoms with Crippen LogP contribution in [0, 0.1) is 5.92 Å². The van der Waals surface area contributed by atoms with E-state index in [0.29, 0.717) is 38.2 Å². The van der Waals surface area contributed by atoms with Crippen molar-refractivity contribution in [3.05, 3.63) is 59.2 Å². The van der Waals surface area contributed by atoms with E-state index in [-0.39, 0.29) is 22.6 Å². The molecule has 0 radical (unpaired) electrons. The Labute approximate surface area is 191 Å². The first-order chi connectivity index (χ1) is 15.3. The van der Waals surface area contributed by atoms with Crippen LogP contribution < -0.4 is 4.74 Å². The van der Waals surface area contributed by atoms with Crippen molar-refractivity contribution >= 4 is 15.9 Å². The fourth-order valence-corrected chi connectivity index (χ4v) is 6.34. The third-order valence-electron chi connectivity index (χ3n) is 6.72. The van der Waals surface area contributed by atoms with Crippen LogP contribution in [0.5, 0.6) is 5.75 Å². The number of rotatable bonds is 5. The fraction of sp³-hybridized carbons (Fsp3) is 0.480. The number of carbonyl (C=O) groups excluding carboxylic acids is 1. The second kappa shape index (κ2) is 9.24. The number of amides is 1. The number of piperidine rings is 1. The molecule has 0 spiro atoms. The predicted octanol–water partition coefficient (Wildman–Crippen LogP) is 3.80. The zero-order chi connectivity index (χ0) is 22.9. The summed E-state index contributed by atoms with van der Waals surface area (Å²) in [5.74, 6) is 0.596. The summed E-state index contributed by atoms with van der Waals surface area (Å²) >= 11 is 0. The van der Waals surface area contributed by atoms with E-state index in [1.807, 2.05) is 36.9 Å². The van der Waals surface area contributed by atoms with E-state index >= 15 is 0 Å². The summed E-state index contributed by atoms with van der Waals surface area (Å²) in [7, 11) is -2.20. The largest absolute Gasteiger partial charge is 0.495 e. The zero-order valence-electron chi connectivity index (χ0n) is 19.1. The monoisotopic (exact) mass is 456 g/mol. The van der Waals surface area contributed by atoms with E-state index in [2.05, 4.69) is 12.1 Å². The van der Waals surface area contributed by atoms with Gasteiger partial charge < -0.3 is 9.64 Å². The Morgan fingerprint density at radius 3 is 2.38 bits per heavy atom. The second-order valence-electron chi connectivity index (χ2n) is 9.02. The molecule has 1 saturated heterocycles. The maximum Gasteiger partial charge on any atom is 0.246 e. The lowest BCUT2D eigenvalue weighted by atomic mass is 9.94. The molecule has 0 bridgehead atoms. The van der Waals surface area contributed by atoms with Crippen molar-refractivity contribution in [1.29, 1.82) is 0 Å². The number of nitrogens with zero attached hydrogens (tertiary/aromatic N) is 2. The first-order valence-corrected chi connectivity index (χ1v) is 12.8. The van der Waals surface area contributed by atoms with Gasteiger partial charge in [-0.2, -0.15) is 4.31 Å². The van der Waals surface area contributed by atoms with Gasteiger partial charge in [-0.25, -0.2) is 8.42 Å². The number of sulfonamides is 1. The van der Waals surface area contributed by atoms with E-state index in [0.717, 1.165) is 18.5 Å². The van der Waals surface area contributed by atoms with Gasteiger partial charge in [-0.3, -0.25) is 4.79 Å². The van der Waals surface area contributed by atoms with E-state index < -0.39 is 10.0 Å². The average molecular weight is 457 g/mol. The number of fused-ring (bicyclic) bond motifs is 1. The summed E-state index contributed by atoms with van der Waals surface area (Å²) in [6.45, 7) is 6.14. The summed E-state index contributed by atoms with van der Waals surface area (Å²) in [4.78, 5) is 15.3. The first-order valence-electron chi connectivity index (χ1n) is 11.3. The van der Waals surface area contributed by atoms with Crippen LogP contribution in [0.25, 0.3) is 0 Å². The van der Waals surface area contributed by atoms with E-state index in [1.54, 1.807) is 12.1 Å². The van der Waals surface area contributed by atoms with Crippen molar-refractivity contribution in [2.45, 2.75) is 50.5 Å². The molecule has 2 aliphatic rings. The van der Waals surface area contributed by atoms with Crippen LogP contribution in [-0.2, 0) is 27.8 Å². The number of carbonyl (C=O) groups is 1. The van der Waals surface area contributed by atoms with E-state index in [4.69, 9.17) is 4.74 Å². The summed E-state index contributed by atoms with van der Waals surface area (Å²) in [5, 5.41) is 0. The highest BCUT2D eigenvalue weighted by molar-refractivity contribution is 7.89. The van der Waals surface area contributed by atoms with Gasteiger partial charge in [0.2, 0.25) is 15.9 Å². The molecule has 0 aliphatic carbocycles. The Morgan fingerprint density at radius 1 is 1.03 bits per heavy atom. The predicted molar refractivity (Wildman–Crippen MR) is 124 cm³/mol. The van der Waals surface area contributed by atoms with E-state index in [1.165, 1.54) is 22.5 Å². The normalized spacial score (nSPS) is 17.9. The molecule has 7 heteroatoms. The van der Waals surface area contributed by atoms with Gasteiger partial charge >= 0.3 is 0 Å². The molecule has 172 valence electrons. The Kier molecular flexibility index (Phi) is 6.58. The summed E-state index contributed by atoms with van der Waals surface area (Å²) in [6, 6.07) is 13.6. The molecule has 2 heterocycles. The van der Waals surface area contributed by atoms with Crippen molar-refractivity contribution in [3.63, 3.8) is 0 Å². The lowest BCUT2D eigenvalue weighted by Gasteiger charge is -2.35. The third-order valence-corrected chi connectivity index (χ3v) is 8.64. The van der Waals surface area contributed by atoms with Crippen molar-refractivity contribution in [2.75, 3.05) is 26.7 Å². The first kappa shape index (κ1) is 22.8. The molecule has 2 aromatic carbocycles. The Hall–Kier alpha value is -2.38. The van der Waals surface area contributed by atoms with Crippen LogP contribution >= 0.6 is 0 Å². The molecule has 6 nitrogen and oxygen atoms in total. The van der Waals surface area contributed by atoms with Gasteiger partial charge in [-0.05, 0) is 54.0 Å². The Morgan fingerprint density at radius 2 is 1.72 bits per heavy atom. The molecule has 4 rings (SSSR count). The quantitative estimate of drug-likeness (QED) is 0.686. The molecule has 1 fully saturated rings. The maximum absolute atomic E-state index is 13.4. The van der Waals surface area contributed by atoms with Gasteiger partial charge in [-0.15, -0.1) is 0 Å². The zero-order valence-corrected chi connectivity index (χ0v) is 19.9. The van der Waals surface area contributed by atoms with Crippen LogP contribution in [0.3, 0.4) is 0 Å². The number of hydrogen-bond acceptors (Lipinski definition) is 4. The molecule has 2 aliphatic heterocycles. The Balaban J connectivity index is 1.44. The standard InChI is InChI=1S/C25H32N2O4S/c1-18(2)21-8-9-23(31-3)24(16-21)32(29,30)27-14-11-20(12-15-27)25(28)26-13-10-19-6-4-5-7-22(19)17-26/h4-9,16,18,20H,10-15,17H2,1-3H3. The molecule has 2 aromatic rings. The highest BCUT2D eigenvalue weighted by Crippen LogP contribution is 2.33. The molecule has 1 amide bonds. The number of hydrogen-bond donors (Lipinski definition) is 0. The van der Waals surface area contributed by atoms with Crippen LogP contribution in [0.1, 0.15) is 49.3 Å². The highest BCUT2D eigenvalue weighted by atomic mass is 32.2. The minimum absolute atomic E-state index is 0.129. The van der Waals surface area contributed by atoms with Gasteiger partial charge in [0, 0.05) is 32.1 Å². The highest BCUT2D eigenvalue weighted by Gasteiger charge is 2.36. The summed E-state index contributed by atoms with van der Waals surface area (Å²) < 4.78 is 33.7. The van der Waals surface area contributed by atoms with Crippen LogP contribution in [0.4, 0.5) is 0 Å². The SMILES string of the molecule is COc1ccc(C(C)C)cc1S(=O)(=O)N1CCC(C(=O)N2CCc3ccccc3C2)CC1. The van der Waals surface area contributed by atoms with Crippen molar-refractivity contribution < 1.29 is 17.9 Å². The molecular formula is C25H32N2O4S. The van der Waals surface area contributed by atoms with Crippen LogP contribution in [0.2, 0.25) is 0 Å². The molecule has 0 unspecified atom stereocenters. The van der Waals surface area contributed by atoms with E-state index in [9.17, 15) is 13.2 Å². The Bertz CT molecular complexity index is 1090. The number of ether oxygens (including phenoxy) is 1. The minimum Gasteiger partial charge on any atom is -0.495 e. The molecule has 0 N–H and O–H groups in total. The number of benzene rings is 2. The van der Waals surface area contributed by atoms with Gasteiger partial charge in [0.15, 0.2) is 0 Å². The molecule has 0 aromatic heterocycles. The van der Waals surface area contributed by atoms with Gasteiger partial charge in [0.25, 0.3) is 0 Å². The smallest absolute Gasteiger partial charge is 0.246 e. The lowest BCUT2D eigenvalue weighted by Crippen LogP contribution is -2.45. The molecule has 32 heavy (non-hydrogen) atoms. The topological polar surface area (TPSA) is 66.9 Å². The second-order valence-corrected chi connectivity index (χ2v) is 10.9. The van der Waals surface area contributed by atoms with Crippen molar-refractivity contribution in [3.8, 4) is 5.75 Å². The molecule has 0 saturated carbocycles. The lowest BCUT2D eigenvalue weighted by molar-refractivity contribution is -0.137. The van der Waals surface area contributed by atoms with Crippen molar-refractivity contribution in [1.82, 2.24) is 9.21 Å². The van der Waals surface area contributed by atoms with Gasteiger partial charge in [0.05, 0.1) is 7.11 Å².